The largest absolute Gasteiger partial charge is 0.493 e. The van der Waals surface area contributed by atoms with Gasteiger partial charge in [-0.15, -0.1) is 11.3 Å². The maximum atomic E-state index is 11.8. The highest BCUT2D eigenvalue weighted by atomic mass is 32.1. The summed E-state index contributed by atoms with van der Waals surface area (Å²) in [7, 11) is 1.60. The molecule has 0 amide bonds. The Morgan fingerprint density at radius 3 is 2.79 bits per heavy atom. The van der Waals surface area contributed by atoms with Gasteiger partial charge in [0.15, 0.2) is 11.5 Å². The number of thiophene rings is 1. The maximum absolute atomic E-state index is 11.8. The molecule has 0 spiro atoms. The molecule has 28 heavy (non-hydrogen) atoms. The highest BCUT2D eigenvalue weighted by molar-refractivity contribution is 7.13. The SMILES string of the molecule is COc1cc2c(cc1OCCCO)-c1c(-c3cccs3)cc(C(=O)O)n1CC2. The standard InChI is InChI=1S/C21H21NO5S/c1-26-17-10-13-5-6-22-16(21(24)25)11-15(19-4-2-9-28-19)20(22)14(13)12-18(17)27-8-3-7-23/h2,4,9-12,23H,3,5-8H2,1H3,(H,24,25). The quantitative estimate of drug-likeness (QED) is 0.589. The second kappa shape index (κ2) is 7.69. The van der Waals surface area contributed by atoms with Crippen molar-refractivity contribution >= 4 is 17.3 Å². The summed E-state index contributed by atoms with van der Waals surface area (Å²) in [6.07, 6.45) is 1.24. The summed E-state index contributed by atoms with van der Waals surface area (Å²) in [6, 6.07) is 9.63. The first-order valence-corrected chi connectivity index (χ1v) is 9.97. The van der Waals surface area contributed by atoms with Crippen molar-refractivity contribution in [2.24, 2.45) is 0 Å². The summed E-state index contributed by atoms with van der Waals surface area (Å²) < 4.78 is 13.2. The van der Waals surface area contributed by atoms with E-state index in [2.05, 4.69) is 0 Å². The number of aliphatic hydroxyl groups is 1. The van der Waals surface area contributed by atoms with Crippen LogP contribution in [0.3, 0.4) is 0 Å². The fourth-order valence-corrected chi connectivity index (χ4v) is 4.39. The predicted molar refractivity (Wildman–Crippen MR) is 108 cm³/mol. The van der Waals surface area contributed by atoms with Gasteiger partial charge in [0.05, 0.1) is 19.4 Å². The van der Waals surface area contributed by atoms with Gasteiger partial charge < -0.3 is 24.3 Å². The van der Waals surface area contributed by atoms with Gasteiger partial charge in [-0.05, 0) is 41.6 Å². The summed E-state index contributed by atoms with van der Waals surface area (Å²) in [5, 5.41) is 20.7. The van der Waals surface area contributed by atoms with Gasteiger partial charge in [0.2, 0.25) is 0 Å². The van der Waals surface area contributed by atoms with Crippen molar-refractivity contribution in [3.05, 3.63) is 47.0 Å². The van der Waals surface area contributed by atoms with Crippen molar-refractivity contribution in [3.63, 3.8) is 0 Å². The molecule has 2 N–H and O–H groups in total. The Kier molecular flexibility index (Phi) is 5.11. The third-order valence-corrected chi connectivity index (χ3v) is 5.82. The zero-order chi connectivity index (χ0) is 19.7. The van der Waals surface area contributed by atoms with Crippen molar-refractivity contribution in [2.75, 3.05) is 20.3 Å². The van der Waals surface area contributed by atoms with Crippen LogP contribution in [0, 0.1) is 0 Å². The molecule has 6 nitrogen and oxygen atoms in total. The van der Waals surface area contributed by atoms with Crippen molar-refractivity contribution in [1.29, 1.82) is 0 Å². The first-order chi connectivity index (χ1) is 13.6. The Labute approximate surface area is 166 Å². The second-order valence-electron chi connectivity index (χ2n) is 6.56. The normalized spacial score (nSPS) is 12.4. The average Bonchev–Trinajstić information content (AvgIpc) is 3.35. The number of aromatic nitrogens is 1. The van der Waals surface area contributed by atoms with E-state index in [-0.39, 0.29) is 6.61 Å². The Bertz CT molecular complexity index is 1010. The van der Waals surface area contributed by atoms with E-state index in [1.807, 2.05) is 34.2 Å². The Hall–Kier alpha value is -2.77. The Morgan fingerprint density at radius 1 is 1.25 bits per heavy atom. The summed E-state index contributed by atoms with van der Waals surface area (Å²) in [5.41, 5.74) is 4.17. The molecule has 2 aromatic heterocycles. The molecule has 4 rings (SSSR count). The third-order valence-electron chi connectivity index (χ3n) is 4.91. The number of carboxylic acid groups (broad SMARTS) is 1. The Balaban J connectivity index is 1.89. The fourth-order valence-electron chi connectivity index (χ4n) is 3.65. The van der Waals surface area contributed by atoms with Gasteiger partial charge in [-0.1, -0.05) is 6.07 Å². The molecular formula is C21H21NO5S. The third kappa shape index (κ3) is 3.16. The van der Waals surface area contributed by atoms with Crippen LogP contribution in [-0.4, -0.2) is 41.1 Å². The number of aliphatic hydroxyl groups excluding tert-OH is 1. The summed E-state index contributed by atoms with van der Waals surface area (Å²) in [5.74, 6) is 0.312. The molecule has 0 saturated heterocycles. The molecule has 7 heteroatoms. The average molecular weight is 399 g/mol. The van der Waals surface area contributed by atoms with Gasteiger partial charge >= 0.3 is 5.97 Å². The second-order valence-corrected chi connectivity index (χ2v) is 7.51. The smallest absolute Gasteiger partial charge is 0.352 e. The molecule has 3 heterocycles. The van der Waals surface area contributed by atoms with Crippen LogP contribution in [0.15, 0.2) is 35.7 Å². The number of ether oxygens (including phenoxy) is 2. The number of hydrogen-bond acceptors (Lipinski definition) is 5. The minimum atomic E-state index is -0.930. The molecular weight excluding hydrogens is 378 g/mol. The fraction of sp³-hybridized carbons (Fsp3) is 0.286. The minimum absolute atomic E-state index is 0.0562. The van der Waals surface area contributed by atoms with Crippen LogP contribution in [0.5, 0.6) is 11.5 Å². The molecule has 0 bridgehead atoms. The number of methoxy groups -OCH3 is 1. The van der Waals surface area contributed by atoms with Crippen LogP contribution in [-0.2, 0) is 13.0 Å². The zero-order valence-corrected chi connectivity index (χ0v) is 16.3. The number of nitrogens with zero attached hydrogens (tertiary/aromatic N) is 1. The van der Waals surface area contributed by atoms with Crippen molar-refractivity contribution in [1.82, 2.24) is 4.57 Å². The first kappa shape index (κ1) is 18.6. The van der Waals surface area contributed by atoms with E-state index in [0.717, 1.165) is 27.3 Å². The molecule has 0 aliphatic carbocycles. The van der Waals surface area contributed by atoms with Gasteiger partial charge in [0, 0.05) is 35.6 Å². The van der Waals surface area contributed by atoms with Crippen molar-refractivity contribution < 1.29 is 24.5 Å². The van der Waals surface area contributed by atoms with Crippen molar-refractivity contribution in [3.8, 4) is 33.2 Å². The summed E-state index contributed by atoms with van der Waals surface area (Å²) in [4.78, 5) is 12.9. The molecule has 0 saturated carbocycles. The zero-order valence-electron chi connectivity index (χ0n) is 15.5. The molecule has 3 aromatic rings. The van der Waals surface area contributed by atoms with E-state index >= 15 is 0 Å². The molecule has 0 atom stereocenters. The first-order valence-electron chi connectivity index (χ1n) is 9.09. The number of aromatic carboxylic acids is 1. The van der Waals surface area contributed by atoms with Gasteiger partial charge in [-0.3, -0.25) is 0 Å². The van der Waals surface area contributed by atoms with Crippen LogP contribution >= 0.6 is 11.3 Å². The number of rotatable bonds is 7. The van der Waals surface area contributed by atoms with Gasteiger partial charge in [-0.25, -0.2) is 4.79 Å². The van der Waals surface area contributed by atoms with E-state index in [1.165, 1.54) is 0 Å². The molecule has 0 radical (unpaired) electrons. The van der Waals surface area contributed by atoms with Gasteiger partial charge in [-0.2, -0.15) is 0 Å². The van der Waals surface area contributed by atoms with Crippen LogP contribution in [0.2, 0.25) is 0 Å². The van der Waals surface area contributed by atoms with E-state index in [0.29, 0.717) is 43.2 Å². The highest BCUT2D eigenvalue weighted by Crippen LogP contribution is 2.45. The van der Waals surface area contributed by atoms with E-state index in [1.54, 1.807) is 24.5 Å². The number of hydrogen-bond donors (Lipinski definition) is 2. The maximum Gasteiger partial charge on any atom is 0.352 e. The topological polar surface area (TPSA) is 80.9 Å². The lowest BCUT2D eigenvalue weighted by atomic mass is 9.95. The van der Waals surface area contributed by atoms with Crippen LogP contribution in [0.25, 0.3) is 21.7 Å². The lowest BCUT2D eigenvalue weighted by Gasteiger charge is -2.24. The van der Waals surface area contributed by atoms with Gasteiger partial charge in [0.1, 0.15) is 5.69 Å². The number of benzene rings is 1. The lowest BCUT2D eigenvalue weighted by Crippen LogP contribution is -2.16. The number of aryl methyl sites for hydroxylation is 1. The van der Waals surface area contributed by atoms with Gasteiger partial charge in [0.25, 0.3) is 0 Å². The molecule has 1 aromatic carbocycles. The molecule has 1 aliphatic rings. The predicted octanol–water partition coefficient (Wildman–Crippen LogP) is 3.91. The Morgan fingerprint density at radius 2 is 2.11 bits per heavy atom. The number of fused-ring (bicyclic) bond motifs is 3. The lowest BCUT2D eigenvalue weighted by molar-refractivity contribution is 0.0685. The number of carbonyl (C=O) groups is 1. The van der Waals surface area contributed by atoms with E-state index < -0.39 is 5.97 Å². The van der Waals surface area contributed by atoms with Crippen LogP contribution < -0.4 is 9.47 Å². The molecule has 146 valence electrons. The summed E-state index contributed by atoms with van der Waals surface area (Å²) >= 11 is 1.59. The van der Waals surface area contributed by atoms with E-state index in [9.17, 15) is 9.90 Å². The highest BCUT2D eigenvalue weighted by Gasteiger charge is 2.28. The molecule has 0 fully saturated rings. The molecule has 0 unspecified atom stereocenters. The van der Waals surface area contributed by atoms with Crippen LogP contribution in [0.1, 0.15) is 22.5 Å². The summed E-state index contributed by atoms with van der Waals surface area (Å²) in [6.45, 7) is 1.04. The van der Waals surface area contributed by atoms with E-state index in [4.69, 9.17) is 14.6 Å². The van der Waals surface area contributed by atoms with Crippen molar-refractivity contribution in [2.45, 2.75) is 19.4 Å². The molecule has 1 aliphatic heterocycles. The monoisotopic (exact) mass is 399 g/mol. The van der Waals surface area contributed by atoms with Crippen LogP contribution in [0.4, 0.5) is 0 Å². The minimum Gasteiger partial charge on any atom is -0.493 e. The number of carboxylic acids is 1.